The molecular weight excluding hydrogens is 220 g/mol. The Morgan fingerprint density at radius 1 is 1.41 bits per heavy atom. The van der Waals surface area contributed by atoms with Crippen LogP contribution in [0.25, 0.3) is 11.4 Å². The fourth-order valence-corrected chi connectivity index (χ4v) is 1.79. The van der Waals surface area contributed by atoms with Gasteiger partial charge in [-0.05, 0) is 18.2 Å². The number of pyridine rings is 1. The summed E-state index contributed by atoms with van der Waals surface area (Å²) >= 11 is 0. The Hall–Kier alpha value is -2.21. The molecule has 0 bridgehead atoms. The number of hydrogen-bond donors (Lipinski definition) is 2. The van der Waals surface area contributed by atoms with Crippen LogP contribution in [-0.4, -0.2) is 32.3 Å². The topological polar surface area (TPSA) is 80.0 Å². The first-order valence-electron chi connectivity index (χ1n) is 5.23. The summed E-state index contributed by atoms with van der Waals surface area (Å²) < 4.78 is 1.32. The molecule has 6 nitrogen and oxygen atoms in total. The van der Waals surface area contributed by atoms with Gasteiger partial charge in [0.25, 0.3) is 5.91 Å². The molecule has 1 atom stereocenters. The zero-order chi connectivity index (χ0) is 11.8. The van der Waals surface area contributed by atoms with Crippen molar-refractivity contribution in [1.29, 1.82) is 0 Å². The maximum atomic E-state index is 11.6. The number of aliphatic hydroxyl groups excluding tert-OH is 1. The predicted molar refractivity (Wildman–Crippen MR) is 59.0 cm³/mol. The van der Waals surface area contributed by atoms with Crippen molar-refractivity contribution in [1.82, 2.24) is 20.1 Å². The molecule has 1 amide bonds. The highest BCUT2D eigenvalue weighted by Crippen LogP contribution is 2.20. The molecule has 2 aromatic rings. The van der Waals surface area contributed by atoms with E-state index in [4.69, 9.17) is 0 Å². The molecule has 0 aromatic carbocycles. The Kier molecular flexibility index (Phi) is 2.15. The van der Waals surface area contributed by atoms with Crippen molar-refractivity contribution in [2.75, 3.05) is 6.54 Å². The van der Waals surface area contributed by atoms with E-state index in [9.17, 15) is 9.90 Å². The van der Waals surface area contributed by atoms with Crippen LogP contribution in [0.1, 0.15) is 16.7 Å². The number of carbonyl (C=O) groups excluding carboxylic acids is 1. The van der Waals surface area contributed by atoms with Crippen LogP contribution in [0.4, 0.5) is 0 Å². The molecule has 6 heteroatoms. The number of nitrogens with one attached hydrogen (secondary N) is 1. The molecule has 0 spiro atoms. The van der Waals surface area contributed by atoms with Crippen molar-refractivity contribution in [3.05, 3.63) is 36.2 Å². The molecule has 0 unspecified atom stereocenters. The largest absolute Gasteiger partial charge is 0.370 e. The average Bonchev–Trinajstić information content (AvgIpc) is 2.81. The van der Waals surface area contributed by atoms with Gasteiger partial charge in [-0.25, -0.2) is 4.68 Å². The Bertz CT molecular complexity index is 564. The van der Waals surface area contributed by atoms with E-state index in [-0.39, 0.29) is 12.5 Å². The van der Waals surface area contributed by atoms with Crippen LogP contribution in [0.15, 0.2) is 30.5 Å². The normalized spacial score (nSPS) is 18.6. The molecule has 3 rings (SSSR count). The van der Waals surface area contributed by atoms with E-state index < -0.39 is 6.23 Å². The fourth-order valence-electron chi connectivity index (χ4n) is 1.79. The Labute approximate surface area is 96.9 Å². The van der Waals surface area contributed by atoms with Gasteiger partial charge < -0.3 is 10.4 Å². The zero-order valence-corrected chi connectivity index (χ0v) is 8.87. The van der Waals surface area contributed by atoms with Gasteiger partial charge in [0, 0.05) is 6.20 Å². The number of fused-ring (bicyclic) bond motifs is 1. The third kappa shape index (κ3) is 1.58. The van der Waals surface area contributed by atoms with E-state index in [0.717, 1.165) is 0 Å². The molecule has 2 aromatic heterocycles. The summed E-state index contributed by atoms with van der Waals surface area (Å²) in [6.07, 6.45) is 0.838. The third-order valence-corrected chi connectivity index (χ3v) is 2.62. The maximum absolute atomic E-state index is 11.6. The van der Waals surface area contributed by atoms with Crippen LogP contribution in [0.3, 0.4) is 0 Å². The van der Waals surface area contributed by atoms with Gasteiger partial charge in [0.05, 0.1) is 12.2 Å². The Morgan fingerprint density at radius 3 is 3.00 bits per heavy atom. The molecule has 0 fully saturated rings. The second-order valence-corrected chi connectivity index (χ2v) is 3.77. The van der Waals surface area contributed by atoms with Crippen LogP contribution in [0, 0.1) is 0 Å². The molecule has 1 aliphatic rings. The smallest absolute Gasteiger partial charge is 0.269 e. The first-order chi connectivity index (χ1) is 8.25. The Morgan fingerprint density at radius 2 is 2.29 bits per heavy atom. The van der Waals surface area contributed by atoms with Crippen LogP contribution >= 0.6 is 0 Å². The lowest BCUT2D eigenvalue weighted by molar-refractivity contribution is 0.0594. The number of amides is 1. The second-order valence-electron chi connectivity index (χ2n) is 3.77. The minimum Gasteiger partial charge on any atom is -0.370 e. The van der Waals surface area contributed by atoms with Crippen LogP contribution in [-0.2, 0) is 0 Å². The van der Waals surface area contributed by atoms with Gasteiger partial charge in [-0.2, -0.15) is 5.10 Å². The Balaban J connectivity index is 2.10. The second kappa shape index (κ2) is 3.67. The number of carbonyl (C=O) groups is 1. The third-order valence-electron chi connectivity index (χ3n) is 2.62. The van der Waals surface area contributed by atoms with E-state index in [0.29, 0.717) is 17.1 Å². The lowest BCUT2D eigenvalue weighted by Crippen LogP contribution is -2.39. The summed E-state index contributed by atoms with van der Waals surface area (Å²) in [5, 5.41) is 16.5. The van der Waals surface area contributed by atoms with Gasteiger partial charge in [0.1, 0.15) is 11.4 Å². The van der Waals surface area contributed by atoms with Gasteiger partial charge >= 0.3 is 0 Å². The van der Waals surface area contributed by atoms with Crippen molar-refractivity contribution in [2.45, 2.75) is 6.23 Å². The highest BCUT2D eigenvalue weighted by molar-refractivity contribution is 5.94. The molecule has 1 aliphatic heterocycles. The molecular formula is C11H10N4O2. The summed E-state index contributed by atoms with van der Waals surface area (Å²) in [7, 11) is 0. The number of nitrogens with zero attached hydrogens (tertiary/aromatic N) is 3. The monoisotopic (exact) mass is 230 g/mol. The van der Waals surface area contributed by atoms with E-state index in [1.807, 2.05) is 6.07 Å². The minimum atomic E-state index is -0.819. The standard InChI is InChI=1S/C11H10N4O2/c16-10-6-13-11(17)9-5-8(14-15(9)10)7-3-1-2-4-12-7/h1-5,10,16H,6H2,(H,13,17)/t10-/m1/s1. The maximum Gasteiger partial charge on any atom is 0.269 e. The highest BCUT2D eigenvalue weighted by atomic mass is 16.3. The van der Waals surface area contributed by atoms with Crippen LogP contribution in [0.5, 0.6) is 0 Å². The van der Waals surface area contributed by atoms with Crippen molar-refractivity contribution in [3.63, 3.8) is 0 Å². The molecule has 17 heavy (non-hydrogen) atoms. The summed E-state index contributed by atoms with van der Waals surface area (Å²) in [5.74, 6) is -0.231. The van der Waals surface area contributed by atoms with E-state index in [1.54, 1.807) is 24.4 Å². The van der Waals surface area contributed by atoms with Gasteiger partial charge in [0.15, 0.2) is 6.23 Å². The number of aliphatic hydroxyl groups is 1. The molecule has 0 saturated heterocycles. The summed E-state index contributed by atoms with van der Waals surface area (Å²) in [6.45, 7) is 0.176. The lowest BCUT2D eigenvalue weighted by atomic mass is 10.2. The SMILES string of the molecule is O=C1NC[C@@H](O)n2nc(-c3ccccn3)cc21. The molecule has 0 saturated carbocycles. The van der Waals surface area contributed by atoms with Crippen molar-refractivity contribution in [2.24, 2.45) is 0 Å². The zero-order valence-electron chi connectivity index (χ0n) is 8.87. The number of rotatable bonds is 1. The van der Waals surface area contributed by atoms with Crippen molar-refractivity contribution in [3.8, 4) is 11.4 Å². The first kappa shape index (κ1) is 9.98. The average molecular weight is 230 g/mol. The van der Waals surface area contributed by atoms with E-state index in [1.165, 1.54) is 4.68 Å². The summed E-state index contributed by atoms with van der Waals surface area (Å²) in [5.41, 5.74) is 1.61. The predicted octanol–water partition coefficient (Wildman–Crippen LogP) is 0.179. The molecule has 3 heterocycles. The first-order valence-corrected chi connectivity index (χ1v) is 5.23. The van der Waals surface area contributed by atoms with Gasteiger partial charge in [0.2, 0.25) is 0 Å². The van der Waals surface area contributed by atoms with Gasteiger partial charge in [-0.3, -0.25) is 9.78 Å². The highest BCUT2D eigenvalue weighted by Gasteiger charge is 2.25. The van der Waals surface area contributed by atoms with E-state index >= 15 is 0 Å². The summed E-state index contributed by atoms with van der Waals surface area (Å²) in [4.78, 5) is 15.7. The number of β-amino-alcohol motifs (C(OH)–C–C–N with tert-alkyl or cyclic N) is 1. The van der Waals surface area contributed by atoms with Crippen LogP contribution < -0.4 is 5.32 Å². The van der Waals surface area contributed by atoms with Crippen LogP contribution in [0.2, 0.25) is 0 Å². The summed E-state index contributed by atoms with van der Waals surface area (Å²) in [6, 6.07) is 7.08. The number of hydrogen-bond acceptors (Lipinski definition) is 4. The molecule has 0 radical (unpaired) electrons. The van der Waals surface area contributed by atoms with Crippen molar-refractivity contribution >= 4 is 5.91 Å². The van der Waals surface area contributed by atoms with Gasteiger partial charge in [-0.1, -0.05) is 6.07 Å². The molecule has 2 N–H and O–H groups in total. The quantitative estimate of drug-likeness (QED) is 0.732. The fraction of sp³-hybridized carbons (Fsp3) is 0.182. The minimum absolute atomic E-state index is 0.176. The van der Waals surface area contributed by atoms with Crippen molar-refractivity contribution < 1.29 is 9.90 Å². The number of aromatic nitrogens is 3. The van der Waals surface area contributed by atoms with E-state index in [2.05, 4.69) is 15.4 Å². The molecule has 86 valence electrons. The molecule has 0 aliphatic carbocycles. The lowest BCUT2D eigenvalue weighted by Gasteiger charge is -2.19. The van der Waals surface area contributed by atoms with Gasteiger partial charge in [-0.15, -0.1) is 0 Å².